The van der Waals surface area contributed by atoms with Crippen LogP contribution in [0.15, 0.2) is 54.6 Å². The van der Waals surface area contributed by atoms with E-state index in [-0.39, 0.29) is 12.3 Å². The summed E-state index contributed by atoms with van der Waals surface area (Å²) in [6, 6.07) is 15.0. The van der Waals surface area contributed by atoms with Gasteiger partial charge in [-0.1, -0.05) is 48.5 Å². The number of benzene rings is 2. The summed E-state index contributed by atoms with van der Waals surface area (Å²) in [4.78, 5) is 23.0. The molecule has 2 aromatic carbocycles. The minimum absolute atomic E-state index is 0.156. The molecule has 0 aromatic heterocycles. The van der Waals surface area contributed by atoms with E-state index in [1.165, 1.54) is 0 Å². The standard InChI is InChI=1S/C16H16N2O3/c17-15(11-6-2-1-3-7-11)16(21)18-13-9-5-4-8-12(13)10-14(19)20/h1-9,15H,10,17H2,(H,18,21)(H,19,20)/t15-/m1/s1. The van der Waals surface area contributed by atoms with Gasteiger partial charge in [-0.2, -0.15) is 0 Å². The third-order valence-corrected chi connectivity index (χ3v) is 3.06. The molecular formula is C16H16N2O3. The van der Waals surface area contributed by atoms with Crippen molar-refractivity contribution in [2.45, 2.75) is 12.5 Å². The molecule has 0 spiro atoms. The van der Waals surface area contributed by atoms with Gasteiger partial charge in [-0.3, -0.25) is 9.59 Å². The molecule has 4 N–H and O–H groups in total. The maximum Gasteiger partial charge on any atom is 0.307 e. The van der Waals surface area contributed by atoms with E-state index in [1.54, 1.807) is 48.5 Å². The molecule has 0 radical (unpaired) electrons. The number of carbonyl (C=O) groups is 2. The Bertz CT molecular complexity index is 641. The number of para-hydroxylation sites is 1. The van der Waals surface area contributed by atoms with Gasteiger partial charge in [-0.15, -0.1) is 0 Å². The van der Waals surface area contributed by atoms with E-state index < -0.39 is 12.0 Å². The smallest absolute Gasteiger partial charge is 0.307 e. The summed E-state index contributed by atoms with van der Waals surface area (Å²) >= 11 is 0. The van der Waals surface area contributed by atoms with Gasteiger partial charge in [0.15, 0.2) is 0 Å². The maximum absolute atomic E-state index is 12.2. The molecule has 0 aliphatic heterocycles. The van der Waals surface area contributed by atoms with Gasteiger partial charge in [0.25, 0.3) is 0 Å². The highest BCUT2D eigenvalue weighted by molar-refractivity contribution is 5.96. The number of anilines is 1. The van der Waals surface area contributed by atoms with E-state index >= 15 is 0 Å². The van der Waals surface area contributed by atoms with Crippen molar-refractivity contribution >= 4 is 17.6 Å². The SMILES string of the molecule is N[C@@H](C(=O)Nc1ccccc1CC(=O)O)c1ccccc1. The summed E-state index contributed by atoms with van der Waals surface area (Å²) in [5, 5.41) is 11.6. The zero-order chi connectivity index (χ0) is 15.2. The second-order valence-corrected chi connectivity index (χ2v) is 4.61. The van der Waals surface area contributed by atoms with Crippen molar-refractivity contribution in [1.82, 2.24) is 0 Å². The molecule has 108 valence electrons. The maximum atomic E-state index is 12.2. The van der Waals surface area contributed by atoms with Gasteiger partial charge in [-0.25, -0.2) is 0 Å². The molecule has 5 nitrogen and oxygen atoms in total. The van der Waals surface area contributed by atoms with Gasteiger partial charge in [0.1, 0.15) is 6.04 Å². The number of rotatable bonds is 5. The first-order valence-corrected chi connectivity index (χ1v) is 6.49. The molecule has 0 bridgehead atoms. The number of aliphatic carboxylic acids is 1. The first-order valence-electron chi connectivity index (χ1n) is 6.49. The predicted molar refractivity (Wildman–Crippen MR) is 79.8 cm³/mol. The molecule has 0 fully saturated rings. The number of amides is 1. The second-order valence-electron chi connectivity index (χ2n) is 4.61. The largest absolute Gasteiger partial charge is 0.481 e. The fraction of sp³-hybridized carbons (Fsp3) is 0.125. The van der Waals surface area contributed by atoms with Gasteiger partial charge in [0.2, 0.25) is 5.91 Å². The van der Waals surface area contributed by atoms with Crippen molar-refractivity contribution in [1.29, 1.82) is 0 Å². The van der Waals surface area contributed by atoms with Crippen LogP contribution in [0.25, 0.3) is 0 Å². The lowest BCUT2D eigenvalue weighted by molar-refractivity contribution is -0.136. The molecule has 0 heterocycles. The highest BCUT2D eigenvalue weighted by Gasteiger charge is 2.17. The number of hydrogen-bond acceptors (Lipinski definition) is 3. The monoisotopic (exact) mass is 284 g/mol. The van der Waals surface area contributed by atoms with Gasteiger partial charge < -0.3 is 16.2 Å². The number of carboxylic acid groups (broad SMARTS) is 1. The van der Waals surface area contributed by atoms with Crippen LogP contribution in [0.3, 0.4) is 0 Å². The van der Waals surface area contributed by atoms with E-state index in [1.807, 2.05) is 6.07 Å². The lowest BCUT2D eigenvalue weighted by Gasteiger charge is -2.14. The number of carboxylic acids is 1. The molecule has 0 aliphatic rings. The Labute approximate surface area is 122 Å². The molecule has 5 heteroatoms. The van der Waals surface area contributed by atoms with Crippen LogP contribution in [0.1, 0.15) is 17.2 Å². The van der Waals surface area contributed by atoms with Gasteiger partial charge >= 0.3 is 5.97 Å². The van der Waals surface area contributed by atoms with Gasteiger partial charge in [0, 0.05) is 5.69 Å². The fourth-order valence-corrected chi connectivity index (χ4v) is 1.98. The van der Waals surface area contributed by atoms with E-state index in [2.05, 4.69) is 5.32 Å². The van der Waals surface area contributed by atoms with Crippen molar-refractivity contribution in [3.8, 4) is 0 Å². The fourth-order valence-electron chi connectivity index (χ4n) is 1.98. The quantitative estimate of drug-likeness (QED) is 0.782. The topological polar surface area (TPSA) is 92.4 Å². The molecule has 2 rings (SSSR count). The Morgan fingerprint density at radius 2 is 1.67 bits per heavy atom. The van der Waals surface area contributed by atoms with Crippen LogP contribution < -0.4 is 11.1 Å². The molecule has 0 saturated carbocycles. The molecule has 1 atom stereocenters. The number of nitrogens with one attached hydrogen (secondary N) is 1. The summed E-state index contributed by atoms with van der Waals surface area (Å²) in [6.07, 6.45) is -0.156. The highest BCUT2D eigenvalue weighted by Crippen LogP contribution is 2.18. The van der Waals surface area contributed by atoms with Gasteiger partial charge in [0.05, 0.1) is 6.42 Å². The summed E-state index contributed by atoms with van der Waals surface area (Å²) in [7, 11) is 0. The lowest BCUT2D eigenvalue weighted by Crippen LogP contribution is -2.28. The molecule has 1 amide bonds. The Morgan fingerprint density at radius 1 is 1.05 bits per heavy atom. The van der Waals surface area contributed by atoms with Crippen LogP contribution in [-0.2, 0) is 16.0 Å². The van der Waals surface area contributed by atoms with Crippen LogP contribution in [-0.4, -0.2) is 17.0 Å². The van der Waals surface area contributed by atoms with Crippen molar-refractivity contribution in [3.05, 3.63) is 65.7 Å². The first-order chi connectivity index (χ1) is 10.1. The van der Waals surface area contributed by atoms with Crippen molar-refractivity contribution in [2.75, 3.05) is 5.32 Å². The second kappa shape index (κ2) is 6.67. The average Bonchev–Trinajstić information content (AvgIpc) is 2.49. The Kier molecular flexibility index (Phi) is 4.68. The minimum Gasteiger partial charge on any atom is -0.481 e. The summed E-state index contributed by atoms with van der Waals surface area (Å²) < 4.78 is 0. The summed E-state index contributed by atoms with van der Waals surface area (Å²) in [6.45, 7) is 0. The summed E-state index contributed by atoms with van der Waals surface area (Å²) in [5.74, 6) is -1.33. The van der Waals surface area contributed by atoms with E-state index in [4.69, 9.17) is 10.8 Å². The van der Waals surface area contributed by atoms with Crippen molar-refractivity contribution in [3.63, 3.8) is 0 Å². The van der Waals surface area contributed by atoms with E-state index in [0.717, 1.165) is 0 Å². The normalized spacial score (nSPS) is 11.7. The van der Waals surface area contributed by atoms with Crippen LogP contribution in [0.2, 0.25) is 0 Å². The Balaban J connectivity index is 2.14. The van der Waals surface area contributed by atoms with Crippen LogP contribution in [0, 0.1) is 0 Å². The summed E-state index contributed by atoms with van der Waals surface area (Å²) in [5.41, 5.74) is 7.62. The van der Waals surface area contributed by atoms with E-state index in [9.17, 15) is 9.59 Å². The average molecular weight is 284 g/mol. The molecule has 0 aliphatic carbocycles. The first kappa shape index (κ1) is 14.7. The Morgan fingerprint density at radius 3 is 2.33 bits per heavy atom. The highest BCUT2D eigenvalue weighted by atomic mass is 16.4. The third kappa shape index (κ3) is 3.90. The van der Waals surface area contributed by atoms with Crippen LogP contribution in [0.4, 0.5) is 5.69 Å². The van der Waals surface area contributed by atoms with E-state index in [0.29, 0.717) is 16.8 Å². The van der Waals surface area contributed by atoms with Crippen molar-refractivity contribution < 1.29 is 14.7 Å². The number of hydrogen-bond donors (Lipinski definition) is 3. The molecule has 0 unspecified atom stereocenters. The Hall–Kier alpha value is -2.66. The molecular weight excluding hydrogens is 268 g/mol. The molecule has 21 heavy (non-hydrogen) atoms. The van der Waals surface area contributed by atoms with Gasteiger partial charge in [-0.05, 0) is 17.2 Å². The zero-order valence-corrected chi connectivity index (χ0v) is 11.3. The molecule has 2 aromatic rings. The van der Waals surface area contributed by atoms with Crippen molar-refractivity contribution in [2.24, 2.45) is 5.73 Å². The third-order valence-electron chi connectivity index (χ3n) is 3.06. The van der Waals surface area contributed by atoms with Crippen LogP contribution in [0.5, 0.6) is 0 Å². The number of nitrogens with two attached hydrogens (primary N) is 1. The predicted octanol–water partition coefficient (Wildman–Crippen LogP) is 1.95. The lowest BCUT2D eigenvalue weighted by atomic mass is 10.1. The zero-order valence-electron chi connectivity index (χ0n) is 11.3. The minimum atomic E-state index is -0.955. The number of carbonyl (C=O) groups excluding carboxylic acids is 1. The van der Waals surface area contributed by atoms with Crippen LogP contribution >= 0.6 is 0 Å². The molecule has 0 saturated heterocycles.